The quantitative estimate of drug-likeness (QED) is 0.400. The molecule has 6 aromatic rings. The highest BCUT2D eigenvalue weighted by molar-refractivity contribution is 7.20. The molecule has 0 fully saturated rings. The summed E-state index contributed by atoms with van der Waals surface area (Å²) in [7, 11) is 0. The van der Waals surface area contributed by atoms with Crippen LogP contribution >= 0.6 is 11.3 Å². The molecule has 34 heavy (non-hydrogen) atoms. The Morgan fingerprint density at radius 1 is 0.971 bits per heavy atom. The number of aromatic amines is 1. The SMILES string of the molecule is Cc1c2c(=O)n(-c3nc4ccccc4s3)[nH]c2c(Cc2ccccc2)c(=O)n1Cc1ccco1. The molecule has 4 aromatic heterocycles. The first-order chi connectivity index (χ1) is 16.6. The van der Waals surface area contributed by atoms with E-state index in [2.05, 4.69) is 10.1 Å². The first kappa shape index (κ1) is 20.4. The molecule has 1 N–H and O–H groups in total. The topological polar surface area (TPSA) is 85.8 Å². The van der Waals surface area contributed by atoms with Gasteiger partial charge >= 0.3 is 0 Å². The Bertz CT molecular complexity index is 1720. The molecule has 0 amide bonds. The molecule has 0 saturated heterocycles. The third kappa shape index (κ3) is 3.31. The van der Waals surface area contributed by atoms with Crippen molar-refractivity contribution in [3.8, 4) is 5.13 Å². The number of aromatic nitrogens is 4. The van der Waals surface area contributed by atoms with Crippen molar-refractivity contribution in [3.63, 3.8) is 0 Å². The van der Waals surface area contributed by atoms with Gasteiger partial charge in [0.05, 0.1) is 33.9 Å². The maximum Gasteiger partial charge on any atom is 0.282 e. The highest BCUT2D eigenvalue weighted by Gasteiger charge is 2.22. The van der Waals surface area contributed by atoms with E-state index in [9.17, 15) is 9.59 Å². The molecule has 0 saturated carbocycles. The Labute approximate surface area is 197 Å². The molecule has 6 rings (SSSR count). The maximum atomic E-state index is 13.7. The lowest BCUT2D eigenvalue weighted by Gasteiger charge is -2.12. The average Bonchev–Trinajstić information content (AvgIpc) is 3.59. The molecule has 0 unspecified atom stereocenters. The van der Waals surface area contributed by atoms with Gasteiger partial charge in [0, 0.05) is 17.7 Å². The molecule has 0 atom stereocenters. The van der Waals surface area contributed by atoms with Crippen LogP contribution in [0.25, 0.3) is 26.3 Å². The minimum Gasteiger partial charge on any atom is -0.467 e. The second kappa shape index (κ2) is 8.00. The molecule has 0 aliphatic rings. The fourth-order valence-electron chi connectivity index (χ4n) is 4.35. The number of rotatable bonds is 5. The predicted octanol–water partition coefficient (Wildman–Crippen LogP) is 4.63. The number of aryl methyl sites for hydroxylation is 1. The van der Waals surface area contributed by atoms with Crippen LogP contribution in [0.2, 0.25) is 0 Å². The molecule has 0 aliphatic heterocycles. The number of nitrogens with one attached hydrogen (secondary N) is 1. The first-order valence-electron chi connectivity index (χ1n) is 10.9. The van der Waals surface area contributed by atoms with Gasteiger partial charge in [-0.15, -0.1) is 0 Å². The zero-order valence-electron chi connectivity index (χ0n) is 18.3. The average molecular weight is 469 g/mol. The minimum atomic E-state index is -0.228. The van der Waals surface area contributed by atoms with E-state index in [1.54, 1.807) is 23.8 Å². The summed E-state index contributed by atoms with van der Waals surface area (Å²) in [6.07, 6.45) is 1.98. The van der Waals surface area contributed by atoms with Crippen LogP contribution in [-0.4, -0.2) is 19.3 Å². The van der Waals surface area contributed by atoms with E-state index in [0.717, 1.165) is 15.8 Å². The van der Waals surface area contributed by atoms with E-state index in [0.29, 0.717) is 39.5 Å². The van der Waals surface area contributed by atoms with Gasteiger partial charge in [-0.2, -0.15) is 4.68 Å². The van der Waals surface area contributed by atoms with Crippen LogP contribution < -0.4 is 11.1 Å². The summed E-state index contributed by atoms with van der Waals surface area (Å²) in [5.41, 5.74) is 3.11. The van der Waals surface area contributed by atoms with Gasteiger partial charge in [-0.05, 0) is 36.8 Å². The number of fused-ring (bicyclic) bond motifs is 2. The van der Waals surface area contributed by atoms with E-state index in [-0.39, 0.29) is 17.7 Å². The second-order valence-electron chi connectivity index (χ2n) is 8.16. The minimum absolute atomic E-state index is 0.150. The van der Waals surface area contributed by atoms with E-state index in [1.165, 1.54) is 16.0 Å². The maximum absolute atomic E-state index is 13.7. The van der Waals surface area contributed by atoms with Crippen molar-refractivity contribution < 1.29 is 4.42 Å². The number of hydrogen-bond acceptors (Lipinski definition) is 5. The number of thiazole rings is 1. The van der Waals surface area contributed by atoms with E-state index >= 15 is 0 Å². The first-order valence-corrected chi connectivity index (χ1v) is 11.7. The van der Waals surface area contributed by atoms with Crippen LogP contribution in [0.5, 0.6) is 0 Å². The van der Waals surface area contributed by atoms with Crippen LogP contribution in [0.3, 0.4) is 0 Å². The number of para-hydroxylation sites is 1. The van der Waals surface area contributed by atoms with E-state index in [1.807, 2.05) is 60.7 Å². The summed E-state index contributed by atoms with van der Waals surface area (Å²) in [6, 6.07) is 21.1. The molecular formula is C26H20N4O3S. The number of benzene rings is 2. The van der Waals surface area contributed by atoms with Crippen molar-refractivity contribution in [1.82, 2.24) is 19.3 Å². The number of hydrogen-bond donors (Lipinski definition) is 1. The Morgan fingerprint density at radius 3 is 2.53 bits per heavy atom. The number of nitrogens with zero attached hydrogens (tertiary/aromatic N) is 3. The third-order valence-electron chi connectivity index (χ3n) is 6.05. The fraction of sp³-hybridized carbons (Fsp3) is 0.115. The van der Waals surface area contributed by atoms with Crippen LogP contribution in [0, 0.1) is 6.92 Å². The van der Waals surface area contributed by atoms with Crippen molar-refractivity contribution in [1.29, 1.82) is 0 Å². The zero-order chi connectivity index (χ0) is 23.2. The van der Waals surface area contributed by atoms with E-state index in [4.69, 9.17) is 4.42 Å². The Hall–Kier alpha value is -4.17. The molecule has 8 heteroatoms. The van der Waals surface area contributed by atoms with Crippen LogP contribution in [0.4, 0.5) is 0 Å². The standard InChI is InChI=1S/C26H20N4O3S/c1-16-22-23(28-30(25(22)32)26-27-20-11-5-6-12-21(20)34-26)19(14-17-8-3-2-4-9-17)24(31)29(16)15-18-10-7-13-33-18/h2-13,28H,14-15H2,1H3. The molecule has 0 radical (unpaired) electrons. The van der Waals surface area contributed by atoms with Crippen molar-refractivity contribution in [3.05, 3.63) is 116 Å². The molecule has 2 aromatic carbocycles. The highest BCUT2D eigenvalue weighted by Crippen LogP contribution is 2.25. The normalized spacial score (nSPS) is 11.6. The lowest BCUT2D eigenvalue weighted by Crippen LogP contribution is -2.28. The van der Waals surface area contributed by atoms with Crippen molar-refractivity contribution in [2.24, 2.45) is 0 Å². The predicted molar refractivity (Wildman–Crippen MR) is 133 cm³/mol. The highest BCUT2D eigenvalue weighted by atomic mass is 32.1. The Balaban J connectivity index is 1.62. The summed E-state index contributed by atoms with van der Waals surface area (Å²) >= 11 is 1.43. The van der Waals surface area contributed by atoms with Gasteiger partial charge in [0.1, 0.15) is 5.76 Å². The van der Waals surface area contributed by atoms with Crippen molar-refractivity contribution in [2.75, 3.05) is 0 Å². The molecule has 4 heterocycles. The zero-order valence-corrected chi connectivity index (χ0v) is 19.1. The third-order valence-corrected chi connectivity index (χ3v) is 7.08. The molecular weight excluding hydrogens is 448 g/mol. The Kier molecular flexibility index (Phi) is 4.81. The van der Waals surface area contributed by atoms with Gasteiger partial charge in [-0.3, -0.25) is 14.7 Å². The van der Waals surface area contributed by atoms with Gasteiger partial charge in [0.15, 0.2) is 0 Å². The molecule has 0 bridgehead atoms. The van der Waals surface area contributed by atoms with Crippen LogP contribution in [0.1, 0.15) is 22.6 Å². The largest absolute Gasteiger partial charge is 0.467 e. The summed E-state index contributed by atoms with van der Waals surface area (Å²) < 4.78 is 9.56. The number of H-pyrrole nitrogens is 1. The van der Waals surface area contributed by atoms with Gasteiger partial charge in [0.2, 0.25) is 5.13 Å². The lowest BCUT2D eigenvalue weighted by molar-refractivity contribution is 0.487. The smallest absolute Gasteiger partial charge is 0.282 e. The number of pyridine rings is 1. The van der Waals surface area contributed by atoms with Crippen LogP contribution in [-0.2, 0) is 13.0 Å². The second-order valence-corrected chi connectivity index (χ2v) is 9.17. The molecule has 7 nitrogen and oxygen atoms in total. The van der Waals surface area contributed by atoms with Crippen molar-refractivity contribution in [2.45, 2.75) is 19.9 Å². The van der Waals surface area contributed by atoms with Gasteiger partial charge in [0.25, 0.3) is 11.1 Å². The summed E-state index contributed by atoms with van der Waals surface area (Å²) in [4.78, 5) is 32.0. The number of furan rings is 1. The van der Waals surface area contributed by atoms with Gasteiger partial charge < -0.3 is 8.98 Å². The summed E-state index contributed by atoms with van der Waals surface area (Å²) in [6.45, 7) is 2.05. The van der Waals surface area contributed by atoms with Gasteiger partial charge in [-0.1, -0.05) is 53.8 Å². The monoisotopic (exact) mass is 468 g/mol. The molecule has 0 aliphatic carbocycles. The lowest BCUT2D eigenvalue weighted by atomic mass is 10.0. The van der Waals surface area contributed by atoms with Crippen LogP contribution in [0.15, 0.2) is 87.0 Å². The van der Waals surface area contributed by atoms with Gasteiger partial charge in [-0.25, -0.2) is 4.98 Å². The molecule has 0 spiro atoms. The Morgan fingerprint density at radius 2 is 1.76 bits per heavy atom. The van der Waals surface area contributed by atoms with E-state index < -0.39 is 0 Å². The summed E-state index contributed by atoms with van der Waals surface area (Å²) in [5, 5.41) is 4.24. The summed E-state index contributed by atoms with van der Waals surface area (Å²) in [5.74, 6) is 0.650. The molecule has 168 valence electrons. The fourth-order valence-corrected chi connectivity index (χ4v) is 5.28. The van der Waals surface area contributed by atoms with Crippen molar-refractivity contribution >= 4 is 32.5 Å².